The van der Waals surface area contributed by atoms with Gasteiger partial charge in [-0.05, 0) is 76.6 Å². The summed E-state index contributed by atoms with van der Waals surface area (Å²) >= 11 is 7.87. The number of nitrogens with one attached hydrogen (secondary N) is 1. The highest BCUT2D eigenvalue weighted by Crippen LogP contribution is 2.39. The molecule has 1 amide bonds. The van der Waals surface area contributed by atoms with Crippen molar-refractivity contribution in [2.75, 3.05) is 5.32 Å². The molecule has 1 aliphatic rings. The predicted octanol–water partition coefficient (Wildman–Crippen LogP) is 6.62. The highest BCUT2D eigenvalue weighted by molar-refractivity contribution is 7.15. The number of amides is 1. The summed E-state index contributed by atoms with van der Waals surface area (Å²) in [6, 6.07) is 14.5. The van der Waals surface area contributed by atoms with Gasteiger partial charge >= 0.3 is 0 Å². The molecule has 9 heteroatoms. The molecule has 37 heavy (non-hydrogen) atoms. The maximum atomic E-state index is 13.2. The zero-order valence-corrected chi connectivity index (χ0v) is 22.9. The van der Waals surface area contributed by atoms with Gasteiger partial charge in [-0.15, -0.1) is 21.5 Å². The second-order valence-corrected chi connectivity index (χ2v) is 11.0. The van der Waals surface area contributed by atoms with Crippen LogP contribution < -0.4 is 10.1 Å². The molecule has 2 aromatic carbocycles. The number of aliphatic imine (C=N–C) groups is 1. The fourth-order valence-corrected chi connectivity index (χ4v) is 5.75. The quantitative estimate of drug-likeness (QED) is 0.302. The number of carbonyl (C=O) groups excluding carboxylic acids is 1. The van der Waals surface area contributed by atoms with Gasteiger partial charge in [-0.2, -0.15) is 0 Å². The lowest BCUT2D eigenvalue weighted by atomic mass is 9.99. The van der Waals surface area contributed by atoms with Crippen molar-refractivity contribution in [1.82, 2.24) is 14.8 Å². The lowest BCUT2D eigenvalue weighted by molar-refractivity contribution is -0.116. The molecular formula is C28H28ClN5O2S. The minimum Gasteiger partial charge on any atom is -0.491 e. The van der Waals surface area contributed by atoms with E-state index in [1.165, 1.54) is 4.88 Å². The number of fused-ring (bicyclic) bond motifs is 3. The Labute approximate surface area is 225 Å². The summed E-state index contributed by atoms with van der Waals surface area (Å²) in [6.07, 6.45) is 0.201. The molecule has 0 fully saturated rings. The van der Waals surface area contributed by atoms with Gasteiger partial charge in [0.05, 0.1) is 18.2 Å². The van der Waals surface area contributed by atoms with E-state index in [1.807, 2.05) is 73.9 Å². The molecule has 0 unspecified atom stereocenters. The summed E-state index contributed by atoms with van der Waals surface area (Å²) in [6.45, 7) is 10.1. The van der Waals surface area contributed by atoms with E-state index < -0.39 is 6.04 Å². The van der Waals surface area contributed by atoms with Gasteiger partial charge in [-0.1, -0.05) is 23.7 Å². The van der Waals surface area contributed by atoms with Crippen LogP contribution in [0.1, 0.15) is 59.5 Å². The van der Waals surface area contributed by atoms with E-state index >= 15 is 0 Å². The second kappa shape index (κ2) is 10.1. The van der Waals surface area contributed by atoms with Crippen LogP contribution >= 0.6 is 22.9 Å². The van der Waals surface area contributed by atoms with Crippen LogP contribution in [0.4, 0.5) is 5.69 Å². The van der Waals surface area contributed by atoms with Crippen LogP contribution in [0.5, 0.6) is 5.75 Å². The summed E-state index contributed by atoms with van der Waals surface area (Å²) in [5.41, 5.74) is 4.65. The fourth-order valence-electron chi connectivity index (χ4n) is 4.41. The highest BCUT2D eigenvalue weighted by Gasteiger charge is 2.32. The van der Waals surface area contributed by atoms with Crippen molar-refractivity contribution in [3.8, 4) is 10.8 Å². The van der Waals surface area contributed by atoms with Gasteiger partial charge in [0.2, 0.25) is 5.91 Å². The Morgan fingerprint density at radius 3 is 2.46 bits per heavy atom. The molecular weight excluding hydrogens is 506 g/mol. The zero-order valence-electron chi connectivity index (χ0n) is 21.4. The number of ether oxygens (including phenoxy) is 1. The first-order valence-corrected chi connectivity index (χ1v) is 13.3. The Morgan fingerprint density at radius 2 is 1.78 bits per heavy atom. The van der Waals surface area contributed by atoms with Crippen molar-refractivity contribution in [1.29, 1.82) is 0 Å². The van der Waals surface area contributed by atoms with Gasteiger partial charge < -0.3 is 10.1 Å². The Bertz CT molecular complexity index is 1490. The average Bonchev–Trinajstić information content (AvgIpc) is 3.33. The molecule has 3 heterocycles. The monoisotopic (exact) mass is 533 g/mol. The third kappa shape index (κ3) is 5.04. The summed E-state index contributed by atoms with van der Waals surface area (Å²) in [7, 11) is 0. The number of aryl methyl sites for hydroxylation is 2. The lowest BCUT2D eigenvalue weighted by Crippen LogP contribution is -2.17. The minimum absolute atomic E-state index is 0.0832. The van der Waals surface area contributed by atoms with Crippen LogP contribution in [0.3, 0.4) is 0 Å². The summed E-state index contributed by atoms with van der Waals surface area (Å²) < 4.78 is 7.74. The summed E-state index contributed by atoms with van der Waals surface area (Å²) in [5, 5.41) is 13.5. The Kier molecular flexibility index (Phi) is 6.88. The van der Waals surface area contributed by atoms with E-state index in [4.69, 9.17) is 21.3 Å². The normalized spacial score (nSPS) is 14.6. The van der Waals surface area contributed by atoms with Crippen LogP contribution in [-0.2, 0) is 4.79 Å². The second-order valence-electron chi connectivity index (χ2n) is 9.35. The van der Waals surface area contributed by atoms with Gasteiger partial charge in [-0.25, -0.2) is 0 Å². The molecule has 0 saturated carbocycles. The Hall–Kier alpha value is -3.49. The van der Waals surface area contributed by atoms with Crippen LogP contribution in [0.2, 0.25) is 5.02 Å². The molecule has 0 saturated heterocycles. The molecule has 2 aromatic heterocycles. The molecule has 0 bridgehead atoms. The number of hydrogen-bond acceptors (Lipinski definition) is 6. The van der Waals surface area contributed by atoms with Crippen molar-refractivity contribution in [3.05, 3.63) is 86.8 Å². The van der Waals surface area contributed by atoms with Gasteiger partial charge in [0, 0.05) is 26.7 Å². The van der Waals surface area contributed by atoms with Crippen molar-refractivity contribution in [2.24, 2.45) is 4.99 Å². The molecule has 0 aliphatic carbocycles. The molecule has 1 atom stereocenters. The first-order chi connectivity index (χ1) is 17.7. The number of anilines is 1. The molecule has 190 valence electrons. The van der Waals surface area contributed by atoms with E-state index in [0.29, 0.717) is 16.5 Å². The zero-order chi connectivity index (χ0) is 26.3. The van der Waals surface area contributed by atoms with Gasteiger partial charge in [0.1, 0.15) is 22.6 Å². The van der Waals surface area contributed by atoms with Gasteiger partial charge in [0.15, 0.2) is 5.82 Å². The van der Waals surface area contributed by atoms with Crippen LogP contribution in [-0.4, -0.2) is 32.5 Å². The maximum absolute atomic E-state index is 13.2. The van der Waals surface area contributed by atoms with Crippen molar-refractivity contribution >= 4 is 40.2 Å². The smallest absolute Gasteiger partial charge is 0.227 e. The summed E-state index contributed by atoms with van der Waals surface area (Å²) in [4.78, 5) is 19.6. The number of rotatable bonds is 6. The van der Waals surface area contributed by atoms with Crippen LogP contribution in [0.25, 0.3) is 5.00 Å². The third-order valence-electron chi connectivity index (χ3n) is 6.25. The molecule has 5 rings (SSSR count). The van der Waals surface area contributed by atoms with Crippen LogP contribution in [0, 0.1) is 20.8 Å². The number of aromatic nitrogens is 3. The molecule has 1 aliphatic heterocycles. The molecule has 0 radical (unpaired) electrons. The average molecular weight is 534 g/mol. The number of hydrogen-bond donors (Lipinski definition) is 1. The summed E-state index contributed by atoms with van der Waals surface area (Å²) in [5.74, 6) is 2.01. The van der Waals surface area contributed by atoms with Gasteiger partial charge in [0.25, 0.3) is 0 Å². The van der Waals surface area contributed by atoms with E-state index in [2.05, 4.69) is 29.4 Å². The minimum atomic E-state index is -0.519. The molecule has 1 N–H and O–H groups in total. The van der Waals surface area contributed by atoms with E-state index in [9.17, 15) is 4.79 Å². The Morgan fingerprint density at radius 1 is 1.08 bits per heavy atom. The highest BCUT2D eigenvalue weighted by atomic mass is 35.5. The van der Waals surface area contributed by atoms with E-state index in [1.54, 1.807) is 11.3 Å². The standard InChI is InChI=1S/C28H28ClN5O2S/c1-15(2)36-22-12-10-21(11-13-22)30-24(35)14-23-27-33-32-18(5)34(27)28-25(16(3)17(4)37-28)26(31-23)19-6-8-20(29)9-7-19/h6-13,15,23H,14H2,1-5H3,(H,30,35)/t23-/m0/s1. The third-order valence-corrected chi connectivity index (χ3v) is 7.69. The van der Waals surface area contributed by atoms with Crippen molar-refractivity contribution in [2.45, 2.75) is 53.2 Å². The first kappa shape index (κ1) is 25.2. The Balaban J connectivity index is 1.52. The molecule has 4 aromatic rings. The van der Waals surface area contributed by atoms with Crippen LogP contribution in [0.15, 0.2) is 53.5 Å². The van der Waals surface area contributed by atoms with Crippen molar-refractivity contribution < 1.29 is 9.53 Å². The molecule has 7 nitrogen and oxygen atoms in total. The first-order valence-electron chi connectivity index (χ1n) is 12.1. The topological polar surface area (TPSA) is 81.4 Å². The number of benzene rings is 2. The number of halogens is 1. The number of thiophene rings is 1. The van der Waals surface area contributed by atoms with E-state index in [0.717, 1.165) is 39.0 Å². The maximum Gasteiger partial charge on any atom is 0.227 e. The number of carbonyl (C=O) groups is 1. The largest absolute Gasteiger partial charge is 0.491 e. The fraction of sp³-hybridized carbons (Fsp3) is 0.286. The van der Waals surface area contributed by atoms with Gasteiger partial charge in [-0.3, -0.25) is 14.4 Å². The SMILES string of the molecule is Cc1sc2c(c1C)C(c1ccc(Cl)cc1)=N[C@@H](CC(=O)Nc1ccc(OC(C)C)cc1)c1nnc(C)n1-2. The van der Waals surface area contributed by atoms with E-state index in [-0.39, 0.29) is 18.4 Å². The lowest BCUT2D eigenvalue weighted by Gasteiger charge is -2.14. The number of nitrogens with zero attached hydrogens (tertiary/aromatic N) is 4. The molecule has 0 spiro atoms. The predicted molar refractivity (Wildman–Crippen MR) is 149 cm³/mol. The van der Waals surface area contributed by atoms with Crippen molar-refractivity contribution in [3.63, 3.8) is 0 Å².